The van der Waals surface area contributed by atoms with Crippen molar-refractivity contribution < 1.29 is 9.53 Å². The Morgan fingerprint density at radius 1 is 1.06 bits per heavy atom. The van der Waals surface area contributed by atoms with Crippen LogP contribution < -0.4 is 5.32 Å². The van der Waals surface area contributed by atoms with Gasteiger partial charge in [-0.25, -0.2) is 4.68 Å². The number of hydrogen-bond donors (Lipinski definition) is 1. The van der Waals surface area contributed by atoms with Gasteiger partial charge in [0.2, 0.25) is 0 Å². The summed E-state index contributed by atoms with van der Waals surface area (Å²) in [4.78, 5) is 15.4. The molecular weight excluding hydrogens is 400 g/mol. The molecule has 2 heterocycles. The van der Waals surface area contributed by atoms with Gasteiger partial charge in [-0.1, -0.05) is 60.7 Å². The SMILES string of the molecule is CO[C@@H](C(=O)Nc1ccnn1C1CCN(CCCc2ccccc2)CC1)c1ccccc1. The van der Waals surface area contributed by atoms with Crippen LogP contribution in [0.3, 0.4) is 0 Å². The quantitative estimate of drug-likeness (QED) is 0.542. The van der Waals surface area contributed by atoms with Crippen molar-refractivity contribution in [3.63, 3.8) is 0 Å². The average Bonchev–Trinajstić information content (AvgIpc) is 3.29. The summed E-state index contributed by atoms with van der Waals surface area (Å²) in [6.45, 7) is 3.23. The molecule has 1 aromatic heterocycles. The third-order valence-electron chi connectivity index (χ3n) is 6.18. The predicted molar refractivity (Wildman–Crippen MR) is 127 cm³/mol. The number of aromatic nitrogens is 2. The first-order valence-electron chi connectivity index (χ1n) is 11.4. The summed E-state index contributed by atoms with van der Waals surface area (Å²) >= 11 is 0. The molecule has 3 aromatic rings. The second-order valence-corrected chi connectivity index (χ2v) is 8.34. The number of ether oxygens (including phenoxy) is 1. The first-order valence-corrected chi connectivity index (χ1v) is 11.4. The van der Waals surface area contributed by atoms with Gasteiger partial charge in [-0.3, -0.25) is 4.79 Å². The standard InChI is InChI=1S/C26H32N4O2/c1-32-25(22-12-6-3-7-13-22)26(31)28-24-14-17-27-30(24)23-15-19-29(20-16-23)18-8-11-21-9-4-2-5-10-21/h2-7,9-10,12-14,17,23,25H,8,11,15-16,18-20H2,1H3,(H,28,31)/t25-/m1/s1. The molecule has 0 unspecified atom stereocenters. The van der Waals surface area contributed by atoms with Gasteiger partial charge in [-0.05, 0) is 43.4 Å². The molecule has 168 valence electrons. The van der Waals surface area contributed by atoms with E-state index in [0.717, 1.165) is 50.3 Å². The van der Waals surface area contributed by atoms with E-state index in [4.69, 9.17) is 4.74 Å². The van der Waals surface area contributed by atoms with Crippen LogP contribution >= 0.6 is 0 Å². The van der Waals surface area contributed by atoms with Crippen molar-refractivity contribution in [2.45, 2.75) is 37.8 Å². The summed E-state index contributed by atoms with van der Waals surface area (Å²) in [6, 6.07) is 22.4. The van der Waals surface area contributed by atoms with Crippen molar-refractivity contribution in [2.24, 2.45) is 0 Å². The van der Waals surface area contributed by atoms with E-state index < -0.39 is 6.10 Å². The number of benzene rings is 2. The molecule has 1 atom stereocenters. The molecule has 4 rings (SSSR count). The summed E-state index contributed by atoms with van der Waals surface area (Å²) in [5.74, 6) is 0.550. The molecule has 1 amide bonds. The Bertz CT molecular complexity index is 966. The zero-order valence-corrected chi connectivity index (χ0v) is 18.7. The zero-order chi connectivity index (χ0) is 22.2. The van der Waals surface area contributed by atoms with Crippen LogP contribution in [0.4, 0.5) is 5.82 Å². The minimum atomic E-state index is -0.647. The van der Waals surface area contributed by atoms with E-state index in [1.807, 2.05) is 41.1 Å². The molecule has 0 bridgehead atoms. The Balaban J connectivity index is 1.29. The maximum Gasteiger partial charge on any atom is 0.259 e. The third kappa shape index (κ3) is 5.64. The van der Waals surface area contributed by atoms with Gasteiger partial charge in [0.15, 0.2) is 6.10 Å². The van der Waals surface area contributed by atoms with Gasteiger partial charge in [-0.15, -0.1) is 0 Å². The number of amides is 1. The van der Waals surface area contributed by atoms with Crippen molar-refractivity contribution in [3.05, 3.63) is 84.1 Å². The number of carbonyl (C=O) groups is 1. The summed E-state index contributed by atoms with van der Waals surface area (Å²) in [5, 5.41) is 7.54. The second kappa shape index (κ2) is 11.1. The van der Waals surface area contributed by atoms with Crippen LogP contribution in [0.1, 0.15) is 42.5 Å². The van der Waals surface area contributed by atoms with E-state index >= 15 is 0 Å². The Labute approximate surface area is 190 Å². The highest BCUT2D eigenvalue weighted by Crippen LogP contribution is 2.27. The number of nitrogens with one attached hydrogen (secondary N) is 1. The van der Waals surface area contributed by atoms with E-state index in [2.05, 4.69) is 45.6 Å². The fourth-order valence-corrected chi connectivity index (χ4v) is 4.46. The van der Waals surface area contributed by atoms with Crippen LogP contribution in [0, 0.1) is 0 Å². The van der Waals surface area contributed by atoms with E-state index in [0.29, 0.717) is 6.04 Å². The normalized spacial score (nSPS) is 16.0. The predicted octanol–water partition coefficient (Wildman–Crippen LogP) is 4.48. The lowest BCUT2D eigenvalue weighted by atomic mass is 10.0. The van der Waals surface area contributed by atoms with E-state index in [1.165, 1.54) is 12.0 Å². The summed E-state index contributed by atoms with van der Waals surface area (Å²) in [5.41, 5.74) is 2.24. The van der Waals surface area contributed by atoms with E-state index in [1.54, 1.807) is 13.3 Å². The first kappa shape index (κ1) is 22.2. The maximum atomic E-state index is 12.9. The van der Waals surface area contributed by atoms with Crippen LogP contribution in [0.15, 0.2) is 72.9 Å². The number of carbonyl (C=O) groups excluding carboxylic acids is 1. The molecule has 32 heavy (non-hydrogen) atoms. The van der Waals surface area contributed by atoms with Gasteiger partial charge in [0.05, 0.1) is 12.2 Å². The highest BCUT2D eigenvalue weighted by Gasteiger charge is 2.25. The van der Waals surface area contributed by atoms with Crippen molar-refractivity contribution >= 4 is 11.7 Å². The molecular formula is C26H32N4O2. The molecule has 0 aliphatic carbocycles. The molecule has 1 aliphatic heterocycles. The minimum absolute atomic E-state index is 0.182. The number of methoxy groups -OCH3 is 1. The van der Waals surface area contributed by atoms with Crippen LogP contribution in [0.2, 0.25) is 0 Å². The van der Waals surface area contributed by atoms with Crippen molar-refractivity contribution in [2.75, 3.05) is 32.1 Å². The molecule has 0 spiro atoms. The Hall–Kier alpha value is -2.96. The Kier molecular flexibility index (Phi) is 7.69. The van der Waals surface area contributed by atoms with Crippen LogP contribution in [0.25, 0.3) is 0 Å². The molecule has 6 nitrogen and oxygen atoms in total. The first-order chi connectivity index (χ1) is 15.7. The summed E-state index contributed by atoms with van der Waals surface area (Å²) < 4.78 is 7.44. The number of piperidine rings is 1. The largest absolute Gasteiger partial charge is 0.367 e. The highest BCUT2D eigenvalue weighted by molar-refractivity contribution is 5.94. The van der Waals surface area contributed by atoms with E-state index in [-0.39, 0.29) is 5.91 Å². The highest BCUT2D eigenvalue weighted by atomic mass is 16.5. The molecule has 1 N–H and O–H groups in total. The lowest BCUT2D eigenvalue weighted by Gasteiger charge is -2.32. The Morgan fingerprint density at radius 3 is 2.44 bits per heavy atom. The molecule has 1 saturated heterocycles. The molecule has 1 fully saturated rings. The van der Waals surface area contributed by atoms with Gasteiger partial charge in [0, 0.05) is 26.3 Å². The van der Waals surface area contributed by atoms with Crippen LogP contribution in [-0.4, -0.2) is 47.3 Å². The van der Waals surface area contributed by atoms with Gasteiger partial charge >= 0.3 is 0 Å². The number of aryl methyl sites for hydroxylation is 1. The third-order valence-corrected chi connectivity index (χ3v) is 6.18. The van der Waals surface area contributed by atoms with Crippen LogP contribution in [0.5, 0.6) is 0 Å². The van der Waals surface area contributed by atoms with Gasteiger partial charge in [-0.2, -0.15) is 5.10 Å². The maximum absolute atomic E-state index is 12.9. The molecule has 0 saturated carbocycles. The number of likely N-dealkylation sites (tertiary alicyclic amines) is 1. The van der Waals surface area contributed by atoms with Crippen molar-refractivity contribution in [3.8, 4) is 0 Å². The number of nitrogens with zero attached hydrogens (tertiary/aromatic N) is 3. The van der Waals surface area contributed by atoms with Crippen molar-refractivity contribution in [1.82, 2.24) is 14.7 Å². The average molecular weight is 433 g/mol. The number of hydrogen-bond acceptors (Lipinski definition) is 4. The lowest BCUT2D eigenvalue weighted by Crippen LogP contribution is -2.36. The van der Waals surface area contributed by atoms with E-state index in [9.17, 15) is 4.79 Å². The summed E-state index contributed by atoms with van der Waals surface area (Å²) in [6.07, 6.45) is 5.47. The van der Waals surface area contributed by atoms with Crippen molar-refractivity contribution in [1.29, 1.82) is 0 Å². The van der Waals surface area contributed by atoms with Crippen LogP contribution in [-0.2, 0) is 16.0 Å². The topological polar surface area (TPSA) is 59.4 Å². The fraction of sp³-hybridized carbons (Fsp3) is 0.385. The molecule has 0 radical (unpaired) electrons. The summed E-state index contributed by atoms with van der Waals surface area (Å²) in [7, 11) is 1.56. The fourth-order valence-electron chi connectivity index (χ4n) is 4.46. The monoisotopic (exact) mass is 432 g/mol. The molecule has 2 aromatic carbocycles. The minimum Gasteiger partial charge on any atom is -0.367 e. The molecule has 6 heteroatoms. The Morgan fingerprint density at radius 2 is 1.75 bits per heavy atom. The number of anilines is 1. The second-order valence-electron chi connectivity index (χ2n) is 8.34. The van der Waals surface area contributed by atoms with Gasteiger partial charge in [0.1, 0.15) is 5.82 Å². The smallest absolute Gasteiger partial charge is 0.259 e. The lowest BCUT2D eigenvalue weighted by molar-refractivity contribution is -0.126. The van der Waals surface area contributed by atoms with Gasteiger partial charge in [0.25, 0.3) is 5.91 Å². The van der Waals surface area contributed by atoms with Gasteiger partial charge < -0.3 is 15.0 Å². The zero-order valence-electron chi connectivity index (χ0n) is 18.7. The number of rotatable bonds is 9. The molecule has 1 aliphatic rings.